The molecule has 3 aromatic rings. The van der Waals surface area contributed by atoms with Crippen LogP contribution in [0.5, 0.6) is 0 Å². The van der Waals surface area contributed by atoms with Crippen LogP contribution in [0.3, 0.4) is 0 Å². The molecular weight excluding hydrogens is 260 g/mol. The second-order valence-corrected chi connectivity index (χ2v) is 4.50. The molecule has 2 heterocycles. The van der Waals surface area contributed by atoms with Crippen LogP contribution in [-0.2, 0) is 6.54 Å². The molecule has 0 fully saturated rings. The summed E-state index contributed by atoms with van der Waals surface area (Å²) in [6, 6.07) is 4.70. The van der Waals surface area contributed by atoms with Crippen molar-refractivity contribution in [2.45, 2.75) is 20.4 Å². The SMILES string of the molecule is Cc1nc(Cn2nnc3cc(C(=O)O)ccc32)oc1C. The summed E-state index contributed by atoms with van der Waals surface area (Å²) in [5, 5.41) is 16.9. The quantitative estimate of drug-likeness (QED) is 0.781. The molecule has 3 rings (SSSR count). The van der Waals surface area contributed by atoms with Crippen molar-refractivity contribution in [1.82, 2.24) is 20.0 Å². The number of oxazole rings is 1. The maximum absolute atomic E-state index is 10.9. The first-order valence-electron chi connectivity index (χ1n) is 6.04. The molecule has 0 atom stereocenters. The van der Waals surface area contributed by atoms with Gasteiger partial charge in [0.15, 0.2) is 0 Å². The lowest BCUT2D eigenvalue weighted by atomic mass is 10.2. The van der Waals surface area contributed by atoms with Crippen molar-refractivity contribution in [3.05, 3.63) is 41.1 Å². The Morgan fingerprint density at radius 1 is 1.40 bits per heavy atom. The molecule has 1 aromatic carbocycles. The molecular formula is C13H12N4O3. The summed E-state index contributed by atoms with van der Waals surface area (Å²) in [5.41, 5.74) is 2.30. The molecule has 1 N–H and O–H groups in total. The van der Waals surface area contributed by atoms with Crippen molar-refractivity contribution < 1.29 is 14.3 Å². The van der Waals surface area contributed by atoms with Crippen LogP contribution in [0.15, 0.2) is 22.6 Å². The number of carboxylic acid groups (broad SMARTS) is 1. The van der Waals surface area contributed by atoms with E-state index in [-0.39, 0.29) is 5.56 Å². The summed E-state index contributed by atoms with van der Waals surface area (Å²) in [6.45, 7) is 4.09. The lowest BCUT2D eigenvalue weighted by molar-refractivity contribution is 0.0697. The predicted octanol–water partition coefficient (Wildman–Crippen LogP) is 1.78. The molecule has 0 aliphatic carbocycles. The molecule has 0 amide bonds. The highest BCUT2D eigenvalue weighted by atomic mass is 16.4. The zero-order valence-electron chi connectivity index (χ0n) is 11.0. The van der Waals surface area contributed by atoms with Gasteiger partial charge in [-0.25, -0.2) is 14.5 Å². The van der Waals surface area contributed by atoms with E-state index >= 15 is 0 Å². The Balaban J connectivity index is 1.98. The summed E-state index contributed by atoms with van der Waals surface area (Å²) in [6.07, 6.45) is 0. The molecule has 0 unspecified atom stereocenters. The summed E-state index contributed by atoms with van der Waals surface area (Å²) < 4.78 is 7.14. The summed E-state index contributed by atoms with van der Waals surface area (Å²) in [5.74, 6) is 0.340. The van der Waals surface area contributed by atoms with Gasteiger partial charge in [-0.15, -0.1) is 5.10 Å². The number of carboxylic acids is 1. The number of hydrogen-bond donors (Lipinski definition) is 1. The van der Waals surface area contributed by atoms with E-state index < -0.39 is 5.97 Å². The molecule has 0 saturated heterocycles. The molecule has 0 saturated carbocycles. The first kappa shape index (κ1) is 12.3. The van der Waals surface area contributed by atoms with Gasteiger partial charge in [-0.2, -0.15) is 0 Å². The highest BCUT2D eigenvalue weighted by Crippen LogP contribution is 2.16. The predicted molar refractivity (Wildman–Crippen MR) is 69.6 cm³/mol. The standard InChI is InChI=1S/C13H12N4O3/c1-7-8(2)20-12(14-7)6-17-11-4-3-9(13(18)19)5-10(11)15-16-17/h3-5H,6H2,1-2H3,(H,18,19). The molecule has 7 heteroatoms. The van der Waals surface area contributed by atoms with Crippen LogP contribution in [0.25, 0.3) is 11.0 Å². The zero-order valence-corrected chi connectivity index (χ0v) is 11.0. The van der Waals surface area contributed by atoms with E-state index in [9.17, 15) is 4.79 Å². The molecule has 102 valence electrons. The first-order chi connectivity index (χ1) is 9.54. The number of aromatic carboxylic acids is 1. The van der Waals surface area contributed by atoms with Gasteiger partial charge in [0.25, 0.3) is 0 Å². The molecule has 0 spiro atoms. The Morgan fingerprint density at radius 3 is 2.85 bits per heavy atom. The minimum Gasteiger partial charge on any atom is -0.478 e. The monoisotopic (exact) mass is 272 g/mol. The Hall–Kier alpha value is -2.70. The fourth-order valence-corrected chi connectivity index (χ4v) is 1.96. The lowest BCUT2D eigenvalue weighted by Gasteiger charge is -1.98. The van der Waals surface area contributed by atoms with Gasteiger partial charge in [0.1, 0.15) is 17.8 Å². The van der Waals surface area contributed by atoms with Crippen molar-refractivity contribution in [2.75, 3.05) is 0 Å². The van der Waals surface area contributed by atoms with Crippen molar-refractivity contribution in [3.8, 4) is 0 Å². The van der Waals surface area contributed by atoms with E-state index in [1.165, 1.54) is 12.1 Å². The second kappa shape index (κ2) is 4.44. The van der Waals surface area contributed by atoms with Crippen LogP contribution >= 0.6 is 0 Å². The lowest BCUT2D eigenvalue weighted by Crippen LogP contribution is -2.02. The number of hydrogen-bond acceptors (Lipinski definition) is 5. The van der Waals surface area contributed by atoms with Gasteiger partial charge >= 0.3 is 5.97 Å². The van der Waals surface area contributed by atoms with Crippen LogP contribution in [0.2, 0.25) is 0 Å². The first-order valence-corrected chi connectivity index (χ1v) is 6.04. The van der Waals surface area contributed by atoms with Gasteiger partial charge < -0.3 is 9.52 Å². The molecule has 2 aromatic heterocycles. The summed E-state index contributed by atoms with van der Waals surface area (Å²) in [7, 11) is 0. The minimum atomic E-state index is -0.986. The number of aromatic nitrogens is 4. The van der Waals surface area contributed by atoms with E-state index in [0.717, 1.165) is 17.0 Å². The van der Waals surface area contributed by atoms with Crippen LogP contribution in [0, 0.1) is 13.8 Å². The molecule has 0 radical (unpaired) electrons. The van der Waals surface area contributed by atoms with Crippen LogP contribution < -0.4 is 0 Å². The largest absolute Gasteiger partial charge is 0.478 e. The molecule has 20 heavy (non-hydrogen) atoms. The maximum Gasteiger partial charge on any atom is 0.335 e. The fourth-order valence-electron chi connectivity index (χ4n) is 1.96. The zero-order chi connectivity index (χ0) is 14.3. The van der Waals surface area contributed by atoms with Crippen molar-refractivity contribution in [2.24, 2.45) is 0 Å². The number of benzene rings is 1. The highest BCUT2D eigenvalue weighted by molar-refractivity contribution is 5.92. The minimum absolute atomic E-state index is 0.187. The maximum atomic E-state index is 10.9. The van der Waals surface area contributed by atoms with Crippen LogP contribution in [-0.4, -0.2) is 31.1 Å². The van der Waals surface area contributed by atoms with Gasteiger partial charge in [-0.05, 0) is 32.0 Å². The molecule has 0 aliphatic rings. The smallest absolute Gasteiger partial charge is 0.335 e. The van der Waals surface area contributed by atoms with Gasteiger partial charge in [-0.3, -0.25) is 0 Å². The van der Waals surface area contributed by atoms with E-state index in [1.807, 2.05) is 13.8 Å². The Morgan fingerprint density at radius 2 is 2.20 bits per heavy atom. The van der Waals surface area contributed by atoms with E-state index in [1.54, 1.807) is 10.7 Å². The van der Waals surface area contributed by atoms with E-state index in [0.29, 0.717) is 18.0 Å². The Bertz CT molecular complexity index is 784. The molecule has 0 aliphatic heterocycles. The normalized spacial score (nSPS) is 11.1. The molecule has 7 nitrogen and oxygen atoms in total. The van der Waals surface area contributed by atoms with Gasteiger partial charge in [-0.1, -0.05) is 5.21 Å². The summed E-state index contributed by atoms with van der Waals surface area (Å²) >= 11 is 0. The van der Waals surface area contributed by atoms with Gasteiger partial charge in [0.2, 0.25) is 5.89 Å². The average molecular weight is 272 g/mol. The topological polar surface area (TPSA) is 94.0 Å². The Labute approximate surface area is 113 Å². The average Bonchev–Trinajstić information content (AvgIpc) is 2.94. The third kappa shape index (κ3) is 2.03. The fraction of sp³-hybridized carbons (Fsp3) is 0.231. The number of fused-ring (bicyclic) bond motifs is 1. The van der Waals surface area contributed by atoms with Crippen molar-refractivity contribution in [1.29, 1.82) is 0 Å². The number of rotatable bonds is 3. The van der Waals surface area contributed by atoms with Crippen LogP contribution in [0.1, 0.15) is 27.7 Å². The Kier molecular flexibility index (Phi) is 2.74. The second-order valence-electron chi connectivity index (χ2n) is 4.50. The van der Waals surface area contributed by atoms with Crippen molar-refractivity contribution >= 4 is 17.0 Å². The van der Waals surface area contributed by atoms with Gasteiger partial charge in [0, 0.05) is 0 Å². The van der Waals surface area contributed by atoms with Crippen molar-refractivity contribution in [3.63, 3.8) is 0 Å². The molecule has 0 bridgehead atoms. The summed E-state index contributed by atoms with van der Waals surface area (Å²) in [4.78, 5) is 15.2. The van der Waals surface area contributed by atoms with Gasteiger partial charge in [0.05, 0.1) is 16.8 Å². The number of carbonyl (C=O) groups is 1. The van der Waals surface area contributed by atoms with E-state index in [2.05, 4.69) is 15.3 Å². The van der Waals surface area contributed by atoms with E-state index in [4.69, 9.17) is 9.52 Å². The third-order valence-electron chi connectivity index (χ3n) is 3.12. The van der Waals surface area contributed by atoms with Crippen LogP contribution in [0.4, 0.5) is 0 Å². The number of nitrogens with zero attached hydrogens (tertiary/aromatic N) is 4. The third-order valence-corrected chi connectivity index (χ3v) is 3.12. The number of aryl methyl sites for hydroxylation is 2. The highest BCUT2D eigenvalue weighted by Gasteiger charge is 2.12.